The number of guanidine groups is 1. The molecule has 31 heavy (non-hydrogen) atoms. The Bertz CT molecular complexity index is 781. The third-order valence-electron chi connectivity index (χ3n) is 6.48. The third kappa shape index (κ3) is 5.70. The van der Waals surface area contributed by atoms with Gasteiger partial charge in [-0.1, -0.05) is 43.7 Å². The molecule has 2 aliphatic rings. The van der Waals surface area contributed by atoms with Crippen molar-refractivity contribution in [2.75, 3.05) is 26.2 Å². The van der Waals surface area contributed by atoms with E-state index >= 15 is 0 Å². The van der Waals surface area contributed by atoms with Crippen molar-refractivity contribution >= 4 is 41.9 Å². The van der Waals surface area contributed by atoms with Gasteiger partial charge in [-0.2, -0.15) is 0 Å². The maximum absolute atomic E-state index is 12.5. The highest BCUT2D eigenvalue weighted by Gasteiger charge is 2.46. The molecular weight excluding hydrogens is 505 g/mol. The van der Waals surface area contributed by atoms with Crippen molar-refractivity contribution in [3.05, 3.63) is 35.9 Å². The summed E-state index contributed by atoms with van der Waals surface area (Å²) in [6, 6.07) is 10.4. The molecule has 0 spiro atoms. The molecule has 1 aliphatic heterocycles. The highest BCUT2D eigenvalue weighted by Crippen LogP contribution is 2.43. The van der Waals surface area contributed by atoms with Crippen molar-refractivity contribution < 1.29 is 9.59 Å². The van der Waals surface area contributed by atoms with Gasteiger partial charge in [0.1, 0.15) is 5.54 Å². The molecule has 172 valence electrons. The molecule has 0 radical (unpaired) electrons. The van der Waals surface area contributed by atoms with E-state index in [2.05, 4.69) is 46.3 Å². The smallest absolute Gasteiger partial charge is 0.325 e. The van der Waals surface area contributed by atoms with Crippen molar-refractivity contribution in [2.24, 2.45) is 4.99 Å². The van der Waals surface area contributed by atoms with Crippen LogP contribution in [-0.2, 0) is 10.2 Å². The normalized spacial score (nSPS) is 22.4. The lowest BCUT2D eigenvalue weighted by atomic mass is 9.64. The van der Waals surface area contributed by atoms with Gasteiger partial charge in [-0.25, -0.2) is 4.79 Å². The average molecular weight is 541 g/mol. The van der Waals surface area contributed by atoms with Crippen LogP contribution in [0.25, 0.3) is 0 Å². The summed E-state index contributed by atoms with van der Waals surface area (Å²) in [4.78, 5) is 30.8. The summed E-state index contributed by atoms with van der Waals surface area (Å²) in [5.74, 6) is 0.653. The number of imide groups is 1. The molecule has 1 aromatic carbocycles. The van der Waals surface area contributed by atoms with E-state index in [1.165, 1.54) is 29.7 Å². The zero-order valence-electron chi connectivity index (χ0n) is 18.9. The number of rotatable bonds is 9. The van der Waals surface area contributed by atoms with E-state index < -0.39 is 5.54 Å². The molecule has 2 fully saturated rings. The van der Waals surface area contributed by atoms with Crippen LogP contribution >= 0.6 is 24.0 Å². The molecule has 3 amide bonds. The Morgan fingerprint density at radius 3 is 2.42 bits per heavy atom. The van der Waals surface area contributed by atoms with Gasteiger partial charge in [0.25, 0.3) is 5.91 Å². The van der Waals surface area contributed by atoms with Gasteiger partial charge in [0.15, 0.2) is 5.96 Å². The summed E-state index contributed by atoms with van der Waals surface area (Å²) in [6.45, 7) is 8.33. The Morgan fingerprint density at radius 2 is 1.87 bits per heavy atom. The predicted molar refractivity (Wildman–Crippen MR) is 135 cm³/mol. The first-order valence-electron chi connectivity index (χ1n) is 11.2. The maximum atomic E-state index is 12.5. The van der Waals surface area contributed by atoms with Crippen LogP contribution in [0.2, 0.25) is 0 Å². The molecule has 1 unspecified atom stereocenters. The van der Waals surface area contributed by atoms with Gasteiger partial charge in [0.05, 0.1) is 6.54 Å². The third-order valence-corrected chi connectivity index (χ3v) is 6.48. The molecule has 3 N–H and O–H groups in total. The maximum Gasteiger partial charge on any atom is 0.325 e. The Morgan fingerprint density at radius 1 is 1.16 bits per heavy atom. The zero-order chi connectivity index (χ0) is 21.6. The van der Waals surface area contributed by atoms with Gasteiger partial charge in [0.2, 0.25) is 0 Å². The topological polar surface area (TPSA) is 85.8 Å². The van der Waals surface area contributed by atoms with Gasteiger partial charge >= 0.3 is 6.03 Å². The summed E-state index contributed by atoms with van der Waals surface area (Å²) < 4.78 is 0. The lowest BCUT2D eigenvalue weighted by molar-refractivity contribution is -0.130. The first kappa shape index (κ1) is 25.4. The lowest BCUT2D eigenvalue weighted by Crippen LogP contribution is -2.43. The molecule has 1 atom stereocenters. The summed E-state index contributed by atoms with van der Waals surface area (Å²) >= 11 is 0. The van der Waals surface area contributed by atoms with Gasteiger partial charge in [-0.3, -0.25) is 14.7 Å². The predicted octanol–water partition coefficient (Wildman–Crippen LogP) is 3.39. The fraction of sp³-hybridized carbons (Fsp3) is 0.609. The van der Waals surface area contributed by atoms with E-state index in [0.717, 1.165) is 19.0 Å². The number of amides is 3. The van der Waals surface area contributed by atoms with E-state index in [4.69, 9.17) is 4.99 Å². The van der Waals surface area contributed by atoms with Crippen LogP contribution < -0.4 is 16.0 Å². The molecule has 1 heterocycles. The van der Waals surface area contributed by atoms with E-state index in [0.29, 0.717) is 25.9 Å². The van der Waals surface area contributed by atoms with Crippen molar-refractivity contribution in [1.82, 2.24) is 20.9 Å². The molecule has 0 aromatic heterocycles. The monoisotopic (exact) mass is 541 g/mol. The highest BCUT2D eigenvalue weighted by molar-refractivity contribution is 14.0. The summed E-state index contributed by atoms with van der Waals surface area (Å²) in [5.41, 5.74) is 0.748. The second-order valence-electron chi connectivity index (χ2n) is 8.55. The Hall–Kier alpha value is -1.84. The summed E-state index contributed by atoms with van der Waals surface area (Å²) in [6.07, 6.45) is 4.85. The minimum absolute atomic E-state index is 0. The van der Waals surface area contributed by atoms with Gasteiger partial charge in [0, 0.05) is 25.0 Å². The van der Waals surface area contributed by atoms with Gasteiger partial charge in [-0.15, -0.1) is 24.0 Å². The van der Waals surface area contributed by atoms with Gasteiger partial charge < -0.3 is 16.0 Å². The second-order valence-corrected chi connectivity index (χ2v) is 8.55. The highest BCUT2D eigenvalue weighted by atomic mass is 127. The Kier molecular flexibility index (Phi) is 9.14. The average Bonchev–Trinajstić information content (AvgIpc) is 2.94. The Labute approximate surface area is 202 Å². The SMILES string of the molecule is CCNC(=NCC1(c2ccccc2)CCC1)NCCCN1C(=O)NC(C)(CC)C1=O.I. The minimum Gasteiger partial charge on any atom is -0.357 e. The van der Waals surface area contributed by atoms with Crippen LogP contribution in [-0.4, -0.2) is 54.5 Å². The van der Waals surface area contributed by atoms with Crippen LogP contribution in [0.5, 0.6) is 0 Å². The fourth-order valence-corrected chi connectivity index (χ4v) is 4.14. The van der Waals surface area contributed by atoms with E-state index in [9.17, 15) is 9.59 Å². The molecule has 3 rings (SSSR count). The first-order chi connectivity index (χ1) is 14.4. The number of benzene rings is 1. The number of urea groups is 1. The molecule has 0 bridgehead atoms. The fourth-order valence-electron chi connectivity index (χ4n) is 4.14. The minimum atomic E-state index is -0.768. The summed E-state index contributed by atoms with van der Waals surface area (Å²) in [5, 5.41) is 9.45. The molecule has 8 heteroatoms. The molecule has 1 saturated heterocycles. The first-order valence-corrected chi connectivity index (χ1v) is 11.2. The molecule has 1 aliphatic carbocycles. The van der Waals surface area contributed by atoms with Crippen LogP contribution in [0.1, 0.15) is 58.4 Å². The number of hydrogen-bond acceptors (Lipinski definition) is 3. The quantitative estimate of drug-likeness (QED) is 0.147. The molecule has 1 saturated carbocycles. The lowest BCUT2D eigenvalue weighted by Gasteiger charge is -2.41. The van der Waals surface area contributed by atoms with E-state index in [-0.39, 0.29) is 41.3 Å². The van der Waals surface area contributed by atoms with Crippen LogP contribution in [0.4, 0.5) is 4.79 Å². The Balaban J connectivity index is 0.00000341. The van der Waals surface area contributed by atoms with Crippen molar-refractivity contribution in [3.8, 4) is 0 Å². The van der Waals surface area contributed by atoms with Crippen molar-refractivity contribution in [3.63, 3.8) is 0 Å². The van der Waals surface area contributed by atoms with Crippen LogP contribution in [0, 0.1) is 0 Å². The molecule has 1 aromatic rings. The van der Waals surface area contributed by atoms with E-state index in [1.54, 1.807) is 6.92 Å². The van der Waals surface area contributed by atoms with Crippen LogP contribution in [0.15, 0.2) is 35.3 Å². The largest absolute Gasteiger partial charge is 0.357 e. The van der Waals surface area contributed by atoms with Crippen molar-refractivity contribution in [1.29, 1.82) is 0 Å². The number of carbonyl (C=O) groups excluding carboxylic acids is 2. The van der Waals surface area contributed by atoms with E-state index in [1.807, 2.05) is 13.8 Å². The standard InChI is InChI=1S/C23H35N5O2.HI/c1-4-22(3)19(29)28(21(30)27-22)16-10-15-25-20(24-5-2)26-17-23(13-9-14-23)18-11-7-6-8-12-18;/h6-8,11-12H,4-5,9-10,13-17H2,1-3H3,(H,27,30)(H2,24,25,26);1H. The number of nitrogens with one attached hydrogen (secondary N) is 3. The second kappa shape index (κ2) is 11.2. The number of carbonyl (C=O) groups is 2. The number of hydrogen-bond donors (Lipinski definition) is 3. The number of aliphatic imine (C=N–C) groups is 1. The van der Waals surface area contributed by atoms with Crippen molar-refractivity contribution in [2.45, 2.75) is 63.8 Å². The number of halogens is 1. The zero-order valence-corrected chi connectivity index (χ0v) is 21.2. The summed E-state index contributed by atoms with van der Waals surface area (Å²) in [7, 11) is 0. The molecular formula is C23H36IN5O2. The number of nitrogens with zero attached hydrogens (tertiary/aromatic N) is 2. The molecule has 7 nitrogen and oxygen atoms in total. The van der Waals surface area contributed by atoms with Crippen LogP contribution in [0.3, 0.4) is 0 Å². The van der Waals surface area contributed by atoms with Gasteiger partial charge in [-0.05, 0) is 45.1 Å².